The fourth-order valence-electron chi connectivity index (χ4n) is 3.91. The summed E-state index contributed by atoms with van der Waals surface area (Å²) in [7, 11) is 1.61. The number of nitriles is 1. The highest BCUT2D eigenvalue weighted by atomic mass is 16.6. The molecule has 0 spiro atoms. The Balaban J connectivity index is 0.000000291. The van der Waals surface area contributed by atoms with E-state index in [0.717, 1.165) is 29.8 Å². The molecule has 4 aromatic rings. The van der Waals surface area contributed by atoms with E-state index in [9.17, 15) is 4.79 Å². The number of aromatic nitrogens is 8. The fraction of sp³-hybridized carbons (Fsp3) is 0.515. The zero-order chi connectivity index (χ0) is 34.9. The van der Waals surface area contributed by atoms with Crippen LogP contribution in [0.25, 0.3) is 22.8 Å². The highest BCUT2D eigenvalue weighted by molar-refractivity contribution is 5.75. The van der Waals surface area contributed by atoms with Gasteiger partial charge < -0.3 is 29.0 Å². The van der Waals surface area contributed by atoms with Crippen molar-refractivity contribution in [3.05, 3.63) is 60.4 Å². The van der Waals surface area contributed by atoms with Gasteiger partial charge in [0.05, 0.1) is 72.3 Å². The molecule has 0 radical (unpaired) electrons. The van der Waals surface area contributed by atoms with Crippen LogP contribution in [0.2, 0.25) is 0 Å². The summed E-state index contributed by atoms with van der Waals surface area (Å²) in [5.41, 5.74) is 2.83. The number of carbonyl (C=O) groups is 1. The highest BCUT2D eigenvalue weighted by Crippen LogP contribution is 2.19. The lowest BCUT2D eigenvalue weighted by Crippen LogP contribution is -2.20. The van der Waals surface area contributed by atoms with Crippen LogP contribution in [-0.4, -0.2) is 113 Å². The van der Waals surface area contributed by atoms with E-state index >= 15 is 0 Å². The predicted octanol–water partition coefficient (Wildman–Crippen LogP) is 2.84. The maximum absolute atomic E-state index is 11.0. The molecule has 2 N–H and O–H groups in total. The molecule has 49 heavy (non-hydrogen) atoms. The molecule has 4 rings (SSSR count). The SMILES string of the molecule is CNC(=O)CCOCCOCCOCCOCCOCc1cn(CCC(C)C)nn1.N#Cc1cc(-c2n[nH]c(-c3ccncc3)n2)ccn1. The second kappa shape index (κ2) is 23.6. The third-order valence-electron chi connectivity index (χ3n) is 6.58. The molecule has 0 bridgehead atoms. The molecule has 0 atom stereocenters. The molecule has 4 aromatic heterocycles. The van der Waals surface area contributed by atoms with Gasteiger partial charge in [-0.05, 0) is 36.6 Å². The van der Waals surface area contributed by atoms with Gasteiger partial charge in [0.25, 0.3) is 0 Å². The number of nitrogens with zero attached hydrogens (tertiary/aromatic N) is 8. The third kappa shape index (κ3) is 16.3. The summed E-state index contributed by atoms with van der Waals surface area (Å²) < 4.78 is 28.9. The topological polar surface area (TPSA) is 197 Å². The molecule has 0 fully saturated rings. The number of ether oxygens (including phenoxy) is 5. The van der Waals surface area contributed by atoms with Crippen LogP contribution in [0.15, 0.2) is 49.1 Å². The quantitative estimate of drug-likeness (QED) is 0.115. The number of hydrogen-bond donors (Lipinski definition) is 2. The average Bonchev–Trinajstić information content (AvgIpc) is 3.82. The van der Waals surface area contributed by atoms with Crippen LogP contribution in [0, 0.1) is 17.2 Å². The van der Waals surface area contributed by atoms with Gasteiger partial charge in [-0.25, -0.2) is 9.97 Å². The maximum Gasteiger partial charge on any atom is 0.222 e. The molecule has 4 heterocycles. The Labute approximate surface area is 286 Å². The van der Waals surface area contributed by atoms with Crippen LogP contribution in [0.3, 0.4) is 0 Å². The minimum atomic E-state index is -0.0281. The number of H-pyrrole nitrogens is 1. The molecule has 16 nitrogen and oxygen atoms in total. The van der Waals surface area contributed by atoms with Gasteiger partial charge in [0, 0.05) is 49.7 Å². The van der Waals surface area contributed by atoms with Crippen LogP contribution >= 0.6 is 0 Å². The second-order valence-corrected chi connectivity index (χ2v) is 10.9. The summed E-state index contributed by atoms with van der Waals surface area (Å²) in [5, 5.41) is 26.6. The first kappa shape index (κ1) is 38.8. The Hall–Kier alpha value is -4.66. The zero-order valence-electron chi connectivity index (χ0n) is 28.4. The van der Waals surface area contributed by atoms with E-state index in [4.69, 9.17) is 28.9 Å². The van der Waals surface area contributed by atoms with Crippen molar-refractivity contribution in [1.82, 2.24) is 45.5 Å². The Morgan fingerprint density at radius 3 is 2.18 bits per heavy atom. The van der Waals surface area contributed by atoms with Gasteiger partial charge >= 0.3 is 0 Å². The van der Waals surface area contributed by atoms with Crippen molar-refractivity contribution in [1.29, 1.82) is 5.26 Å². The van der Waals surface area contributed by atoms with Crippen molar-refractivity contribution < 1.29 is 28.5 Å². The summed E-state index contributed by atoms with van der Waals surface area (Å²) in [6.07, 6.45) is 8.33. The normalized spacial score (nSPS) is 10.8. The van der Waals surface area contributed by atoms with Gasteiger partial charge in [-0.1, -0.05) is 19.1 Å². The van der Waals surface area contributed by atoms with Crippen molar-refractivity contribution in [2.75, 3.05) is 66.5 Å². The molecule has 0 aromatic carbocycles. The molecule has 264 valence electrons. The van der Waals surface area contributed by atoms with Crippen LogP contribution in [0.5, 0.6) is 0 Å². The largest absolute Gasteiger partial charge is 0.379 e. The molecule has 0 aliphatic carbocycles. The lowest BCUT2D eigenvalue weighted by Gasteiger charge is -2.07. The monoisotopic (exact) mass is 678 g/mol. The summed E-state index contributed by atoms with van der Waals surface area (Å²) in [4.78, 5) is 23.2. The Kier molecular flexibility index (Phi) is 18.7. The van der Waals surface area contributed by atoms with E-state index in [1.165, 1.54) is 0 Å². The van der Waals surface area contributed by atoms with E-state index < -0.39 is 0 Å². The number of aromatic amines is 1. The number of amides is 1. The molecular formula is C33H46N10O6. The Bertz CT molecular complexity index is 1510. The van der Waals surface area contributed by atoms with Crippen molar-refractivity contribution in [3.63, 3.8) is 0 Å². The summed E-state index contributed by atoms with van der Waals surface area (Å²) >= 11 is 0. The maximum atomic E-state index is 11.0. The van der Waals surface area contributed by atoms with Gasteiger partial charge in [-0.3, -0.25) is 19.6 Å². The van der Waals surface area contributed by atoms with Crippen LogP contribution < -0.4 is 5.32 Å². The number of carbonyl (C=O) groups excluding carboxylic acids is 1. The minimum absolute atomic E-state index is 0.0281. The molecule has 0 saturated heterocycles. The smallest absolute Gasteiger partial charge is 0.222 e. The zero-order valence-corrected chi connectivity index (χ0v) is 28.4. The predicted molar refractivity (Wildman–Crippen MR) is 179 cm³/mol. The molecule has 1 amide bonds. The summed E-state index contributed by atoms with van der Waals surface area (Å²) in [6, 6.07) is 9.10. The average molecular weight is 679 g/mol. The first-order valence-electron chi connectivity index (χ1n) is 16.2. The van der Waals surface area contributed by atoms with Gasteiger partial charge in [0.1, 0.15) is 17.5 Å². The van der Waals surface area contributed by atoms with Crippen molar-refractivity contribution >= 4 is 5.91 Å². The van der Waals surface area contributed by atoms with Crippen molar-refractivity contribution in [3.8, 4) is 28.8 Å². The molecule has 0 saturated carbocycles. The van der Waals surface area contributed by atoms with Gasteiger partial charge in [0.2, 0.25) is 5.91 Å². The van der Waals surface area contributed by atoms with E-state index in [2.05, 4.69) is 54.6 Å². The van der Waals surface area contributed by atoms with E-state index in [1.54, 1.807) is 37.8 Å². The van der Waals surface area contributed by atoms with Gasteiger partial charge in [-0.2, -0.15) is 10.4 Å². The number of pyridine rings is 2. The molecule has 0 aliphatic rings. The standard InChI is InChI=1S/C20H38N4O6.C13H8N6/c1-18(2)4-6-24-16-19(22-23-24)17-30-15-14-29-13-12-28-11-10-27-9-8-26-7-5-20(25)21-3;14-8-11-7-10(3-6-16-11)13-17-12(18-19-13)9-1-4-15-5-2-9/h16,18H,4-15,17H2,1-3H3,(H,21,25);1-7H,(H,17,18,19). The number of hydrogen-bond acceptors (Lipinski definition) is 13. The number of rotatable bonds is 22. The van der Waals surface area contributed by atoms with Gasteiger partial charge in [-0.15, -0.1) is 5.10 Å². The van der Waals surface area contributed by atoms with Crippen LogP contribution in [0.1, 0.15) is 38.1 Å². The molecule has 0 aliphatic heterocycles. The Morgan fingerprint density at radius 1 is 0.918 bits per heavy atom. The third-order valence-corrected chi connectivity index (χ3v) is 6.58. The number of aryl methyl sites for hydroxylation is 1. The van der Waals surface area contributed by atoms with E-state index in [-0.39, 0.29) is 5.91 Å². The lowest BCUT2D eigenvalue weighted by atomic mass is 10.1. The fourth-order valence-corrected chi connectivity index (χ4v) is 3.91. The van der Waals surface area contributed by atoms with Gasteiger partial charge in [0.15, 0.2) is 11.6 Å². The lowest BCUT2D eigenvalue weighted by molar-refractivity contribution is -0.121. The second-order valence-electron chi connectivity index (χ2n) is 10.9. The van der Waals surface area contributed by atoms with E-state index in [1.807, 2.05) is 29.1 Å². The van der Waals surface area contributed by atoms with Crippen molar-refractivity contribution in [2.24, 2.45) is 5.92 Å². The Morgan fingerprint density at radius 2 is 1.55 bits per heavy atom. The summed E-state index contributed by atoms with van der Waals surface area (Å²) in [5.74, 6) is 1.81. The molecule has 0 unspecified atom stereocenters. The first-order chi connectivity index (χ1) is 24.0. The molecule has 16 heteroatoms. The van der Waals surface area contributed by atoms with Crippen LogP contribution in [-0.2, 0) is 41.6 Å². The number of nitrogens with one attached hydrogen (secondary N) is 2. The van der Waals surface area contributed by atoms with Crippen molar-refractivity contribution in [2.45, 2.75) is 39.8 Å². The minimum Gasteiger partial charge on any atom is -0.379 e. The molecular weight excluding hydrogens is 632 g/mol. The highest BCUT2D eigenvalue weighted by Gasteiger charge is 2.08. The first-order valence-corrected chi connectivity index (χ1v) is 16.2. The summed E-state index contributed by atoms with van der Waals surface area (Å²) in [6.45, 7) is 10.1. The van der Waals surface area contributed by atoms with E-state index in [0.29, 0.717) is 95.8 Å². The van der Waals surface area contributed by atoms with Crippen LogP contribution in [0.4, 0.5) is 0 Å².